The molecule has 0 amide bonds. The average Bonchev–Trinajstić information content (AvgIpc) is 2.64. The van der Waals surface area contributed by atoms with Crippen molar-refractivity contribution in [2.24, 2.45) is 0 Å². The summed E-state index contributed by atoms with van der Waals surface area (Å²) in [5.41, 5.74) is 5.81. The summed E-state index contributed by atoms with van der Waals surface area (Å²) in [6.45, 7) is 3.76. The summed E-state index contributed by atoms with van der Waals surface area (Å²) in [5, 5.41) is 9.91. The number of nitrogens with zero attached hydrogens (tertiary/aromatic N) is 1. The first-order valence-corrected chi connectivity index (χ1v) is 8.15. The van der Waals surface area contributed by atoms with Crippen molar-refractivity contribution in [3.8, 4) is 0 Å². The molecule has 1 aromatic rings. The van der Waals surface area contributed by atoms with Gasteiger partial charge in [0, 0.05) is 23.2 Å². The van der Waals surface area contributed by atoms with E-state index < -0.39 is 15.6 Å². The van der Waals surface area contributed by atoms with Gasteiger partial charge in [-0.25, -0.2) is 8.42 Å². The number of anilines is 1. The Kier molecular flexibility index (Phi) is 3.68. The Morgan fingerprint density at radius 1 is 1.47 bits per heavy atom. The van der Waals surface area contributed by atoms with Gasteiger partial charge in [-0.2, -0.15) is 4.31 Å². The van der Waals surface area contributed by atoms with Crippen LogP contribution >= 0.6 is 15.9 Å². The van der Waals surface area contributed by atoms with E-state index in [1.54, 1.807) is 26.0 Å². The molecule has 1 fully saturated rings. The molecule has 3 N–H and O–H groups in total. The predicted molar refractivity (Wildman–Crippen MR) is 77.3 cm³/mol. The van der Waals surface area contributed by atoms with Crippen molar-refractivity contribution in [2.45, 2.75) is 30.8 Å². The smallest absolute Gasteiger partial charge is 0.243 e. The summed E-state index contributed by atoms with van der Waals surface area (Å²) in [4.78, 5) is 0.192. The molecule has 1 atom stereocenters. The lowest BCUT2D eigenvalue weighted by Crippen LogP contribution is -2.34. The van der Waals surface area contributed by atoms with Crippen molar-refractivity contribution in [1.29, 1.82) is 0 Å². The second-order valence-corrected chi connectivity index (χ2v) is 8.03. The van der Waals surface area contributed by atoms with Gasteiger partial charge in [0.05, 0.1) is 10.5 Å². The summed E-state index contributed by atoms with van der Waals surface area (Å²) in [7, 11) is -3.62. The first-order valence-electron chi connectivity index (χ1n) is 5.92. The van der Waals surface area contributed by atoms with E-state index in [9.17, 15) is 13.5 Å². The molecule has 106 valence electrons. The minimum atomic E-state index is -3.62. The highest BCUT2D eigenvalue weighted by atomic mass is 79.9. The second-order valence-electron chi connectivity index (χ2n) is 5.20. The van der Waals surface area contributed by atoms with Crippen LogP contribution in [0.4, 0.5) is 5.69 Å². The van der Waals surface area contributed by atoms with Crippen LogP contribution in [-0.2, 0) is 10.0 Å². The molecule has 1 aliphatic heterocycles. The lowest BCUT2D eigenvalue weighted by Gasteiger charge is -2.20. The molecule has 1 saturated heterocycles. The van der Waals surface area contributed by atoms with Crippen LogP contribution in [0, 0.1) is 6.92 Å². The van der Waals surface area contributed by atoms with Crippen LogP contribution in [0.3, 0.4) is 0 Å². The summed E-state index contributed by atoms with van der Waals surface area (Å²) >= 11 is 3.26. The Morgan fingerprint density at radius 3 is 2.63 bits per heavy atom. The number of hydrogen-bond donors (Lipinski definition) is 2. The predicted octanol–water partition coefficient (Wildman–Crippen LogP) is 1.49. The minimum Gasteiger partial charge on any atom is -0.398 e. The van der Waals surface area contributed by atoms with Crippen LogP contribution < -0.4 is 5.73 Å². The molecular weight excluding hydrogens is 332 g/mol. The molecule has 0 aliphatic carbocycles. The standard InChI is InChI=1S/C12H17BrN2O3S/c1-8-10(14)5-9(13)6-11(8)19(17,18)15-4-3-12(2,16)7-15/h5-6,16H,3-4,7,14H2,1-2H3. The van der Waals surface area contributed by atoms with Crippen LogP contribution in [0.25, 0.3) is 0 Å². The molecule has 19 heavy (non-hydrogen) atoms. The maximum Gasteiger partial charge on any atom is 0.243 e. The van der Waals surface area contributed by atoms with Crippen molar-refractivity contribution in [1.82, 2.24) is 4.31 Å². The average molecular weight is 349 g/mol. The van der Waals surface area contributed by atoms with E-state index in [0.717, 1.165) is 0 Å². The van der Waals surface area contributed by atoms with Gasteiger partial charge < -0.3 is 10.8 Å². The number of sulfonamides is 1. The van der Waals surface area contributed by atoms with Gasteiger partial charge in [-0.15, -0.1) is 0 Å². The Balaban J connectivity index is 2.47. The van der Waals surface area contributed by atoms with Crippen LogP contribution in [0.5, 0.6) is 0 Å². The van der Waals surface area contributed by atoms with E-state index in [1.807, 2.05) is 0 Å². The maximum absolute atomic E-state index is 12.6. The lowest BCUT2D eigenvalue weighted by atomic mass is 10.1. The highest BCUT2D eigenvalue weighted by molar-refractivity contribution is 9.10. The Hall–Kier alpha value is -0.630. The van der Waals surface area contributed by atoms with E-state index >= 15 is 0 Å². The number of benzene rings is 1. The molecule has 0 bridgehead atoms. The van der Waals surface area contributed by atoms with Gasteiger partial charge in [0.2, 0.25) is 10.0 Å². The summed E-state index contributed by atoms with van der Waals surface area (Å²) in [5.74, 6) is 0. The molecule has 5 nitrogen and oxygen atoms in total. The maximum atomic E-state index is 12.6. The van der Waals surface area contributed by atoms with Crippen molar-refractivity contribution in [3.05, 3.63) is 22.2 Å². The fraction of sp³-hybridized carbons (Fsp3) is 0.500. The number of nitrogen functional groups attached to an aromatic ring is 1. The molecule has 0 saturated carbocycles. The normalized spacial score (nSPS) is 24.8. The fourth-order valence-electron chi connectivity index (χ4n) is 2.19. The molecule has 1 unspecified atom stereocenters. The molecule has 0 radical (unpaired) electrons. The Bertz CT molecular complexity index is 614. The highest BCUT2D eigenvalue weighted by Gasteiger charge is 2.39. The first-order chi connectivity index (χ1) is 8.63. The fourth-order valence-corrected chi connectivity index (χ4v) is 4.66. The first kappa shape index (κ1) is 14.8. The Morgan fingerprint density at radius 2 is 2.11 bits per heavy atom. The Labute approximate surface area is 121 Å². The third-order valence-electron chi connectivity index (χ3n) is 3.40. The van der Waals surface area contributed by atoms with E-state index in [-0.39, 0.29) is 11.4 Å². The number of nitrogens with two attached hydrogens (primary N) is 1. The molecule has 0 spiro atoms. The third-order valence-corrected chi connectivity index (χ3v) is 5.83. The largest absolute Gasteiger partial charge is 0.398 e. The quantitative estimate of drug-likeness (QED) is 0.793. The number of hydrogen-bond acceptors (Lipinski definition) is 4. The van der Waals surface area contributed by atoms with Crippen LogP contribution in [0.1, 0.15) is 18.9 Å². The van der Waals surface area contributed by atoms with Gasteiger partial charge in [-0.3, -0.25) is 0 Å². The zero-order chi connectivity index (χ0) is 14.4. The molecule has 1 aromatic carbocycles. The van der Waals surface area contributed by atoms with Crippen molar-refractivity contribution >= 4 is 31.6 Å². The molecule has 0 aromatic heterocycles. The minimum absolute atomic E-state index is 0.112. The van der Waals surface area contributed by atoms with E-state index in [4.69, 9.17) is 5.73 Å². The molecule has 2 rings (SSSR count). The molecule has 1 heterocycles. The number of β-amino-alcohol motifs (C(OH)–C–C–N with tert-alkyl or cyclic N) is 1. The number of aliphatic hydroxyl groups is 1. The highest BCUT2D eigenvalue weighted by Crippen LogP contribution is 2.32. The zero-order valence-corrected chi connectivity index (χ0v) is 13.3. The van der Waals surface area contributed by atoms with Gasteiger partial charge in [0.15, 0.2) is 0 Å². The monoisotopic (exact) mass is 348 g/mol. The van der Waals surface area contributed by atoms with E-state index in [2.05, 4.69) is 15.9 Å². The van der Waals surface area contributed by atoms with E-state index in [1.165, 1.54) is 4.31 Å². The van der Waals surface area contributed by atoms with Crippen molar-refractivity contribution in [3.63, 3.8) is 0 Å². The summed E-state index contributed by atoms with van der Waals surface area (Å²) in [6, 6.07) is 3.22. The zero-order valence-electron chi connectivity index (χ0n) is 10.9. The summed E-state index contributed by atoms with van der Waals surface area (Å²) in [6.07, 6.45) is 0.439. The molecular formula is C12H17BrN2O3S. The number of rotatable bonds is 2. The van der Waals surface area contributed by atoms with Gasteiger partial charge in [0.25, 0.3) is 0 Å². The molecule has 1 aliphatic rings. The third kappa shape index (κ3) is 2.79. The van der Waals surface area contributed by atoms with Crippen molar-refractivity contribution < 1.29 is 13.5 Å². The number of halogens is 1. The van der Waals surface area contributed by atoms with E-state index in [0.29, 0.717) is 28.7 Å². The van der Waals surface area contributed by atoms with Gasteiger partial charge >= 0.3 is 0 Å². The van der Waals surface area contributed by atoms with Gasteiger partial charge in [-0.05, 0) is 38.0 Å². The lowest BCUT2D eigenvalue weighted by molar-refractivity contribution is 0.0762. The SMILES string of the molecule is Cc1c(N)cc(Br)cc1S(=O)(=O)N1CCC(C)(O)C1. The summed E-state index contributed by atoms with van der Waals surface area (Å²) < 4.78 is 27.1. The van der Waals surface area contributed by atoms with Crippen LogP contribution in [-0.4, -0.2) is 36.5 Å². The van der Waals surface area contributed by atoms with Gasteiger partial charge in [0.1, 0.15) is 0 Å². The van der Waals surface area contributed by atoms with Gasteiger partial charge in [-0.1, -0.05) is 15.9 Å². The van der Waals surface area contributed by atoms with Crippen LogP contribution in [0.2, 0.25) is 0 Å². The topological polar surface area (TPSA) is 83.6 Å². The van der Waals surface area contributed by atoms with Crippen LogP contribution in [0.15, 0.2) is 21.5 Å². The second kappa shape index (κ2) is 4.73. The molecule has 7 heteroatoms. The van der Waals surface area contributed by atoms with Crippen molar-refractivity contribution in [2.75, 3.05) is 18.8 Å².